The van der Waals surface area contributed by atoms with Crippen LogP contribution in [0.4, 0.5) is 5.82 Å². The van der Waals surface area contributed by atoms with E-state index in [-0.39, 0.29) is 17.1 Å². The first-order valence-corrected chi connectivity index (χ1v) is 7.67. The van der Waals surface area contributed by atoms with Crippen molar-refractivity contribution in [2.75, 3.05) is 19.0 Å². The zero-order chi connectivity index (χ0) is 17.8. The molecule has 1 aromatic carbocycles. The van der Waals surface area contributed by atoms with Crippen LogP contribution >= 0.6 is 0 Å². The highest BCUT2D eigenvalue weighted by atomic mass is 16.5. The molecular formula is C17H18N4O4. The summed E-state index contributed by atoms with van der Waals surface area (Å²) in [4.78, 5) is 11.7. The molecule has 8 heteroatoms. The Balaban J connectivity index is 1.78. The van der Waals surface area contributed by atoms with E-state index in [9.17, 15) is 9.90 Å². The number of aromatic carboxylic acids is 1. The van der Waals surface area contributed by atoms with Gasteiger partial charge >= 0.3 is 5.97 Å². The Bertz CT molecular complexity index is 867. The number of carbonyl (C=O) groups is 1. The number of anilines is 1. The third kappa shape index (κ3) is 3.63. The number of nitrogens with one attached hydrogen (secondary N) is 1. The van der Waals surface area contributed by atoms with Gasteiger partial charge in [0.15, 0.2) is 17.1 Å². The van der Waals surface area contributed by atoms with Crippen molar-refractivity contribution in [3.8, 4) is 17.1 Å². The van der Waals surface area contributed by atoms with Crippen molar-refractivity contribution in [1.82, 2.24) is 14.9 Å². The molecule has 25 heavy (non-hydrogen) atoms. The molecule has 0 fully saturated rings. The zero-order valence-electron chi connectivity index (χ0n) is 13.9. The lowest BCUT2D eigenvalue weighted by Gasteiger charge is -2.03. The fraction of sp³-hybridized carbons (Fsp3) is 0.235. The van der Waals surface area contributed by atoms with Crippen LogP contribution in [0, 0.1) is 0 Å². The van der Waals surface area contributed by atoms with Gasteiger partial charge in [-0.25, -0.2) is 4.79 Å². The number of carboxylic acids is 1. The molecule has 0 aliphatic rings. The highest BCUT2D eigenvalue weighted by Crippen LogP contribution is 2.30. The quantitative estimate of drug-likeness (QED) is 0.680. The summed E-state index contributed by atoms with van der Waals surface area (Å²) in [5.74, 6) is -0.00727. The summed E-state index contributed by atoms with van der Waals surface area (Å²) in [5, 5.41) is 20.5. The second kappa shape index (κ2) is 7.08. The molecule has 0 saturated carbocycles. The van der Waals surface area contributed by atoms with E-state index >= 15 is 0 Å². The van der Waals surface area contributed by atoms with Crippen molar-refractivity contribution in [3.05, 3.63) is 47.8 Å². The number of carboxylic acid groups (broad SMARTS) is 1. The summed E-state index contributed by atoms with van der Waals surface area (Å²) in [6.45, 7) is 0.514. The molecule has 130 valence electrons. The fourth-order valence-electron chi connectivity index (χ4n) is 2.47. The van der Waals surface area contributed by atoms with E-state index in [0.29, 0.717) is 24.3 Å². The van der Waals surface area contributed by atoms with E-state index in [2.05, 4.69) is 15.6 Å². The number of rotatable bonds is 7. The topological polar surface area (TPSA) is 102 Å². The maximum atomic E-state index is 11.7. The highest BCUT2D eigenvalue weighted by Gasteiger charge is 2.23. The van der Waals surface area contributed by atoms with Crippen LogP contribution in [0.25, 0.3) is 11.3 Å². The number of hydrogen-bond acceptors (Lipinski definition) is 6. The Labute approximate surface area is 144 Å². The van der Waals surface area contributed by atoms with Crippen LogP contribution in [-0.2, 0) is 13.5 Å². The standard InChI is InChI=1S/C17H18N4O4/c1-21-10-11(9-19-21)7-8-18-16-14(17(22)23)15(25-20-16)12-3-5-13(24-2)6-4-12/h3-6,9-10H,7-8H2,1-2H3,(H,18,20)(H,22,23). The van der Waals surface area contributed by atoms with Crippen molar-refractivity contribution in [2.45, 2.75) is 6.42 Å². The normalized spacial score (nSPS) is 10.6. The summed E-state index contributed by atoms with van der Waals surface area (Å²) >= 11 is 0. The van der Waals surface area contributed by atoms with Gasteiger partial charge in [0.1, 0.15) is 5.75 Å². The number of aromatic nitrogens is 3. The Morgan fingerprint density at radius 1 is 1.36 bits per heavy atom. The molecule has 2 aromatic heterocycles. The molecule has 0 aliphatic heterocycles. The van der Waals surface area contributed by atoms with Gasteiger partial charge in [0.2, 0.25) is 0 Å². The number of nitrogens with zero attached hydrogens (tertiary/aromatic N) is 3. The lowest BCUT2D eigenvalue weighted by molar-refractivity contribution is 0.0698. The second-order valence-corrected chi connectivity index (χ2v) is 5.47. The van der Waals surface area contributed by atoms with Gasteiger partial charge in [-0.2, -0.15) is 5.10 Å². The van der Waals surface area contributed by atoms with Crippen molar-refractivity contribution >= 4 is 11.8 Å². The first-order chi connectivity index (χ1) is 12.1. The van der Waals surface area contributed by atoms with Crippen LogP contribution in [0.1, 0.15) is 15.9 Å². The van der Waals surface area contributed by atoms with Crippen molar-refractivity contribution < 1.29 is 19.2 Å². The van der Waals surface area contributed by atoms with Crippen molar-refractivity contribution in [3.63, 3.8) is 0 Å². The number of hydrogen-bond donors (Lipinski definition) is 2. The maximum absolute atomic E-state index is 11.7. The predicted octanol–water partition coefficient (Wildman–Crippen LogP) is 2.44. The summed E-state index contributed by atoms with van der Waals surface area (Å²) in [5.41, 5.74) is 1.67. The van der Waals surface area contributed by atoms with Crippen LogP contribution in [0.5, 0.6) is 5.75 Å². The maximum Gasteiger partial charge on any atom is 0.343 e. The Hall–Kier alpha value is -3.29. The Morgan fingerprint density at radius 2 is 2.12 bits per heavy atom. The third-order valence-electron chi connectivity index (χ3n) is 3.72. The highest BCUT2D eigenvalue weighted by molar-refractivity contribution is 5.99. The Kier molecular flexibility index (Phi) is 4.69. The minimum atomic E-state index is -1.10. The van der Waals surface area contributed by atoms with Gasteiger partial charge < -0.3 is 19.7 Å². The lowest BCUT2D eigenvalue weighted by atomic mass is 10.1. The van der Waals surface area contributed by atoms with Crippen LogP contribution < -0.4 is 10.1 Å². The molecule has 2 heterocycles. The first kappa shape index (κ1) is 16.6. The Morgan fingerprint density at radius 3 is 2.72 bits per heavy atom. The molecule has 0 bridgehead atoms. The third-order valence-corrected chi connectivity index (χ3v) is 3.72. The largest absolute Gasteiger partial charge is 0.497 e. The molecule has 0 atom stereocenters. The van der Waals surface area contributed by atoms with E-state index in [1.807, 2.05) is 13.2 Å². The van der Waals surface area contributed by atoms with Gasteiger partial charge in [0.05, 0.1) is 13.3 Å². The van der Waals surface area contributed by atoms with E-state index in [0.717, 1.165) is 5.56 Å². The average Bonchev–Trinajstić information content (AvgIpc) is 3.21. The van der Waals surface area contributed by atoms with E-state index < -0.39 is 5.97 Å². The molecule has 2 N–H and O–H groups in total. The second-order valence-electron chi connectivity index (χ2n) is 5.47. The van der Waals surface area contributed by atoms with Crippen LogP contribution in [0.3, 0.4) is 0 Å². The lowest BCUT2D eigenvalue weighted by Crippen LogP contribution is -2.09. The number of aryl methyl sites for hydroxylation is 1. The number of benzene rings is 1. The van der Waals surface area contributed by atoms with Gasteiger partial charge in [0, 0.05) is 25.4 Å². The monoisotopic (exact) mass is 342 g/mol. The predicted molar refractivity (Wildman–Crippen MR) is 90.9 cm³/mol. The number of ether oxygens (including phenoxy) is 1. The minimum Gasteiger partial charge on any atom is -0.497 e. The molecule has 0 saturated heterocycles. The molecule has 0 aliphatic carbocycles. The van der Waals surface area contributed by atoms with Gasteiger partial charge in [-0.3, -0.25) is 4.68 Å². The van der Waals surface area contributed by atoms with Crippen LogP contribution in [0.2, 0.25) is 0 Å². The SMILES string of the molecule is COc1ccc(-c2onc(NCCc3cnn(C)c3)c2C(=O)O)cc1. The molecule has 0 unspecified atom stereocenters. The van der Waals surface area contributed by atoms with Crippen LogP contribution in [-0.4, -0.2) is 39.7 Å². The summed E-state index contributed by atoms with van der Waals surface area (Å²) in [6, 6.07) is 6.92. The molecule has 0 radical (unpaired) electrons. The van der Waals surface area contributed by atoms with Gasteiger partial charge in [-0.15, -0.1) is 0 Å². The molecule has 3 aromatic rings. The smallest absolute Gasteiger partial charge is 0.343 e. The van der Waals surface area contributed by atoms with Crippen molar-refractivity contribution in [2.24, 2.45) is 7.05 Å². The van der Waals surface area contributed by atoms with E-state index in [1.165, 1.54) is 0 Å². The number of methoxy groups -OCH3 is 1. The van der Waals surface area contributed by atoms with Gasteiger partial charge in [-0.05, 0) is 36.2 Å². The minimum absolute atomic E-state index is 0.0105. The van der Waals surface area contributed by atoms with Crippen molar-refractivity contribution in [1.29, 1.82) is 0 Å². The van der Waals surface area contributed by atoms with Gasteiger partial charge in [0.25, 0.3) is 0 Å². The van der Waals surface area contributed by atoms with Crippen LogP contribution in [0.15, 0.2) is 41.2 Å². The molecular weight excluding hydrogens is 324 g/mol. The fourth-order valence-corrected chi connectivity index (χ4v) is 2.47. The molecule has 8 nitrogen and oxygen atoms in total. The molecule has 3 rings (SSSR count). The van der Waals surface area contributed by atoms with Gasteiger partial charge in [-0.1, -0.05) is 5.16 Å². The zero-order valence-corrected chi connectivity index (χ0v) is 13.9. The first-order valence-electron chi connectivity index (χ1n) is 7.67. The van der Waals surface area contributed by atoms with E-state index in [1.54, 1.807) is 42.3 Å². The molecule has 0 spiro atoms. The van der Waals surface area contributed by atoms with E-state index in [4.69, 9.17) is 9.26 Å². The average molecular weight is 342 g/mol. The molecule has 0 amide bonds. The summed E-state index contributed by atoms with van der Waals surface area (Å²) < 4.78 is 12.1. The summed E-state index contributed by atoms with van der Waals surface area (Å²) in [7, 11) is 3.41. The summed E-state index contributed by atoms with van der Waals surface area (Å²) in [6.07, 6.45) is 4.37.